The molecule has 0 amide bonds. The standard InChI is InChI=1S/C39H31N2O.C18H24GeN.Ir/c1-23(2)26-13-9-14-27(24(3)4)36(26)41-35-18-8-7-17-34(35)40-39(41)33-16-10-15-30-32-22-21-29-28-12-6-5-11-25(28)19-20-31(29)37(32)42-38(30)33;1-14(2)11-16-12-18(15-9-7-6-8-10-15)20-13-17(16)19(3,4)5;/h5-15,17-24H,1-4H3;6-9,12-14H,11H2,1-5H3;/q2*-1;. The molecule has 0 aliphatic heterocycles. The molecular formula is C57H55GeIrN3O-2. The second kappa shape index (κ2) is 18.0. The number of hydrogen-bond acceptors (Lipinski definition) is 3. The molecule has 0 N–H and O–H groups in total. The Bertz CT molecular complexity index is 3220. The van der Waals surface area contributed by atoms with Gasteiger partial charge in [0.2, 0.25) is 0 Å². The molecule has 1 radical (unpaired) electrons. The monoisotopic (exact) mass is 1060 g/mol. The van der Waals surface area contributed by atoms with Crippen molar-refractivity contribution in [2.75, 3.05) is 0 Å². The van der Waals surface area contributed by atoms with Gasteiger partial charge in [-0.05, 0) is 51.3 Å². The van der Waals surface area contributed by atoms with Gasteiger partial charge in [-0.2, -0.15) is 0 Å². The molecule has 6 heteroatoms. The third-order valence-electron chi connectivity index (χ3n) is 12.1. The maximum atomic E-state index is 6.86. The Morgan fingerprint density at radius 1 is 0.635 bits per heavy atom. The van der Waals surface area contributed by atoms with Gasteiger partial charge in [-0.25, -0.2) is 0 Å². The number of aromatic nitrogens is 3. The van der Waals surface area contributed by atoms with E-state index in [2.05, 4.69) is 191 Å². The van der Waals surface area contributed by atoms with E-state index in [1.807, 2.05) is 24.3 Å². The fourth-order valence-electron chi connectivity index (χ4n) is 9.12. The molecule has 3 aromatic heterocycles. The molecule has 0 aliphatic rings. The normalized spacial score (nSPS) is 11.9. The van der Waals surface area contributed by atoms with Crippen molar-refractivity contribution in [3.8, 4) is 28.3 Å². The molecule has 3 heterocycles. The molecule has 7 aromatic carbocycles. The Labute approximate surface area is 388 Å². The molecule has 0 bridgehead atoms. The van der Waals surface area contributed by atoms with Gasteiger partial charge in [0.25, 0.3) is 0 Å². The minimum absolute atomic E-state index is 0. The van der Waals surface area contributed by atoms with E-state index in [1.165, 1.54) is 38.5 Å². The summed E-state index contributed by atoms with van der Waals surface area (Å²) in [5, 5.41) is 6.97. The third kappa shape index (κ3) is 8.44. The zero-order valence-electron chi connectivity index (χ0n) is 37.8. The molecule has 0 saturated carbocycles. The van der Waals surface area contributed by atoms with E-state index in [0.717, 1.165) is 67.4 Å². The number of fused-ring (bicyclic) bond motifs is 8. The van der Waals surface area contributed by atoms with Crippen molar-refractivity contribution >= 4 is 72.2 Å². The van der Waals surface area contributed by atoms with Gasteiger partial charge < -0.3 is 8.98 Å². The van der Waals surface area contributed by atoms with Crippen molar-refractivity contribution in [3.05, 3.63) is 168 Å². The largest absolute Gasteiger partial charge is 0.500 e. The number of benzene rings is 7. The average molecular weight is 1060 g/mol. The minimum Gasteiger partial charge on any atom is -0.500 e. The summed E-state index contributed by atoms with van der Waals surface area (Å²) in [6.07, 6.45) is 3.27. The van der Waals surface area contributed by atoms with Crippen LogP contribution in [0.15, 0.2) is 144 Å². The van der Waals surface area contributed by atoms with Gasteiger partial charge >= 0.3 is 126 Å². The van der Waals surface area contributed by atoms with Gasteiger partial charge in [0.15, 0.2) is 0 Å². The molecule has 4 nitrogen and oxygen atoms in total. The fraction of sp³-hybridized carbons (Fsp3) is 0.228. The van der Waals surface area contributed by atoms with Crippen LogP contribution < -0.4 is 4.40 Å². The number of furan rings is 1. The quantitative estimate of drug-likeness (QED) is 0.0865. The molecule has 319 valence electrons. The Morgan fingerprint density at radius 2 is 1.30 bits per heavy atom. The maximum Gasteiger partial charge on any atom is 0.128 e. The summed E-state index contributed by atoms with van der Waals surface area (Å²) in [6, 6.07) is 53.8. The van der Waals surface area contributed by atoms with Crippen LogP contribution in [0.1, 0.15) is 70.1 Å². The van der Waals surface area contributed by atoms with Crippen LogP contribution in [0.2, 0.25) is 17.3 Å². The van der Waals surface area contributed by atoms with Crippen molar-refractivity contribution in [1.82, 2.24) is 14.5 Å². The van der Waals surface area contributed by atoms with Crippen molar-refractivity contribution in [2.45, 2.75) is 77.1 Å². The summed E-state index contributed by atoms with van der Waals surface area (Å²) in [5.41, 5.74) is 12.1. The first kappa shape index (κ1) is 44.3. The summed E-state index contributed by atoms with van der Waals surface area (Å²) in [6.45, 7) is 13.6. The second-order valence-electron chi connectivity index (χ2n) is 18.7. The van der Waals surface area contributed by atoms with Crippen LogP contribution in [0.25, 0.3) is 82.8 Å². The average Bonchev–Trinajstić information content (AvgIpc) is 3.85. The molecule has 10 aromatic rings. The van der Waals surface area contributed by atoms with Gasteiger partial charge in [0.1, 0.15) is 5.58 Å². The van der Waals surface area contributed by atoms with Crippen molar-refractivity contribution in [2.24, 2.45) is 5.92 Å². The van der Waals surface area contributed by atoms with E-state index in [-0.39, 0.29) is 20.1 Å². The van der Waals surface area contributed by atoms with Gasteiger partial charge in [-0.3, -0.25) is 4.98 Å². The van der Waals surface area contributed by atoms with E-state index in [0.29, 0.717) is 17.8 Å². The topological polar surface area (TPSA) is 43.9 Å². The summed E-state index contributed by atoms with van der Waals surface area (Å²) in [7, 11) is 0. The molecule has 0 saturated heterocycles. The van der Waals surface area contributed by atoms with E-state index in [4.69, 9.17) is 14.4 Å². The van der Waals surface area contributed by atoms with Crippen LogP contribution in [0, 0.1) is 18.1 Å². The van der Waals surface area contributed by atoms with Crippen LogP contribution in [0.5, 0.6) is 0 Å². The molecule has 0 fully saturated rings. The molecule has 10 rings (SSSR count). The summed E-state index contributed by atoms with van der Waals surface area (Å²) in [5.74, 6) is 9.54. The van der Waals surface area contributed by atoms with Gasteiger partial charge in [-0.1, -0.05) is 118 Å². The first-order valence-corrected chi connectivity index (χ1v) is 29.5. The van der Waals surface area contributed by atoms with E-state index >= 15 is 0 Å². The van der Waals surface area contributed by atoms with Gasteiger partial charge in [-0.15, -0.1) is 18.2 Å². The first-order chi connectivity index (χ1) is 29.9. The van der Waals surface area contributed by atoms with Crippen LogP contribution in [0.4, 0.5) is 0 Å². The molecular weight excluding hydrogens is 1010 g/mol. The SMILES string of the molecule is CC(C)Cc1cc(-c2[c-]cccc2)nc[c]1[Ge]([CH3])([CH3])[CH3].CC(C)c1cccc(C(C)C)c1-n1c(-c2[c-]ccc3c2oc2c3ccc3c4ccccc4ccc32)nc2ccccc21.[Ir]. The fourth-order valence-corrected chi connectivity index (χ4v) is 12.5. The zero-order valence-corrected chi connectivity index (χ0v) is 42.3. The van der Waals surface area contributed by atoms with Crippen molar-refractivity contribution in [3.63, 3.8) is 0 Å². The van der Waals surface area contributed by atoms with Crippen molar-refractivity contribution in [1.29, 1.82) is 0 Å². The van der Waals surface area contributed by atoms with Crippen LogP contribution >= 0.6 is 0 Å². The number of nitrogens with zero attached hydrogens (tertiary/aromatic N) is 3. The number of para-hydroxylation sites is 3. The third-order valence-corrected chi connectivity index (χ3v) is 16.4. The molecule has 0 aliphatic carbocycles. The second-order valence-corrected chi connectivity index (χ2v) is 29.3. The van der Waals surface area contributed by atoms with Crippen LogP contribution in [-0.4, -0.2) is 27.8 Å². The van der Waals surface area contributed by atoms with E-state index < -0.39 is 13.3 Å². The number of rotatable bonds is 8. The Kier molecular flexibility index (Phi) is 12.7. The molecule has 0 unspecified atom stereocenters. The summed E-state index contributed by atoms with van der Waals surface area (Å²) in [4.78, 5) is 9.95. The van der Waals surface area contributed by atoms with Crippen LogP contribution in [-0.2, 0) is 26.5 Å². The number of imidazole rings is 1. The Morgan fingerprint density at radius 3 is 2.02 bits per heavy atom. The van der Waals surface area contributed by atoms with E-state index in [9.17, 15) is 0 Å². The molecule has 0 spiro atoms. The van der Waals surface area contributed by atoms with Gasteiger partial charge in [0.05, 0.1) is 22.4 Å². The Hall–Kier alpha value is -5.33. The maximum absolute atomic E-state index is 6.86. The minimum atomic E-state index is -1.86. The predicted octanol–water partition coefficient (Wildman–Crippen LogP) is 15.2. The number of hydrogen-bond donors (Lipinski definition) is 0. The Balaban J connectivity index is 0.000000219. The van der Waals surface area contributed by atoms with Crippen molar-refractivity contribution < 1.29 is 24.5 Å². The first-order valence-electron chi connectivity index (χ1n) is 22.1. The van der Waals surface area contributed by atoms with Crippen LogP contribution in [0.3, 0.4) is 0 Å². The zero-order chi connectivity index (χ0) is 43.3. The summed E-state index contributed by atoms with van der Waals surface area (Å²) >= 11 is -1.86. The summed E-state index contributed by atoms with van der Waals surface area (Å²) < 4.78 is 10.7. The number of pyridine rings is 1. The molecule has 63 heavy (non-hydrogen) atoms. The molecule has 0 atom stereocenters. The van der Waals surface area contributed by atoms with E-state index in [1.54, 1.807) is 4.40 Å². The predicted molar refractivity (Wildman–Crippen MR) is 266 cm³/mol. The van der Waals surface area contributed by atoms with Gasteiger partial charge in [0, 0.05) is 36.6 Å². The smallest absolute Gasteiger partial charge is 0.128 e.